The highest BCUT2D eigenvalue weighted by molar-refractivity contribution is 5.75. The molecule has 27 heavy (non-hydrogen) atoms. The Balaban J connectivity index is 2.13. The lowest BCUT2D eigenvalue weighted by Crippen LogP contribution is -2.36. The summed E-state index contributed by atoms with van der Waals surface area (Å²) in [5.41, 5.74) is 0.824. The molecule has 0 spiro atoms. The van der Waals surface area contributed by atoms with Crippen LogP contribution in [0.2, 0.25) is 0 Å². The van der Waals surface area contributed by atoms with Crippen molar-refractivity contribution in [2.45, 2.75) is 33.4 Å². The molecule has 0 fully saturated rings. The topological polar surface area (TPSA) is 81.8 Å². The Morgan fingerprint density at radius 3 is 2.67 bits per heavy atom. The first-order valence-corrected chi connectivity index (χ1v) is 8.53. The first kappa shape index (κ1) is 18.5. The normalized spacial score (nSPS) is 11.0. The number of pyridine rings is 1. The maximum absolute atomic E-state index is 13.7. The van der Waals surface area contributed by atoms with Crippen molar-refractivity contribution in [2.24, 2.45) is 0 Å². The molecule has 0 bridgehead atoms. The van der Waals surface area contributed by atoms with Gasteiger partial charge in [0.15, 0.2) is 5.82 Å². The Morgan fingerprint density at radius 1 is 1.26 bits per heavy atom. The van der Waals surface area contributed by atoms with Crippen LogP contribution in [0.1, 0.15) is 19.4 Å². The van der Waals surface area contributed by atoms with E-state index < -0.39 is 11.5 Å². The van der Waals surface area contributed by atoms with Crippen LogP contribution >= 0.6 is 0 Å². The van der Waals surface area contributed by atoms with Gasteiger partial charge >= 0.3 is 5.69 Å². The summed E-state index contributed by atoms with van der Waals surface area (Å²) in [4.78, 5) is 29.3. The Labute approximate surface area is 155 Å². The number of aryl methyl sites for hydroxylation is 1. The number of carbonyl (C=O) groups is 1. The van der Waals surface area contributed by atoms with Crippen LogP contribution in [0, 0.1) is 12.7 Å². The number of carbonyl (C=O) groups excluding carboxylic acids is 1. The van der Waals surface area contributed by atoms with E-state index >= 15 is 0 Å². The minimum Gasteiger partial charge on any atom is -0.352 e. The zero-order valence-corrected chi connectivity index (χ0v) is 15.3. The molecule has 140 valence electrons. The third kappa shape index (κ3) is 4.11. The smallest absolute Gasteiger partial charge is 0.352 e. The van der Waals surface area contributed by atoms with E-state index in [4.69, 9.17) is 0 Å². The molecule has 2 heterocycles. The maximum atomic E-state index is 13.7. The molecule has 0 aliphatic heterocycles. The Kier molecular flexibility index (Phi) is 5.16. The van der Waals surface area contributed by atoms with Crippen molar-refractivity contribution in [3.05, 3.63) is 64.5 Å². The number of amides is 1. The lowest BCUT2D eigenvalue weighted by Gasteiger charge is -2.07. The van der Waals surface area contributed by atoms with Gasteiger partial charge in [0.1, 0.15) is 18.2 Å². The number of nitrogens with zero attached hydrogens (tertiary/aromatic N) is 4. The monoisotopic (exact) mass is 369 g/mol. The molecule has 7 nitrogen and oxygen atoms in total. The third-order valence-electron chi connectivity index (χ3n) is 3.79. The van der Waals surface area contributed by atoms with Crippen molar-refractivity contribution in [1.82, 2.24) is 24.6 Å². The van der Waals surface area contributed by atoms with Crippen LogP contribution in [0.4, 0.5) is 4.39 Å². The average Bonchev–Trinajstić information content (AvgIpc) is 2.91. The molecule has 1 aromatic carbocycles. The summed E-state index contributed by atoms with van der Waals surface area (Å²) < 4.78 is 16.0. The van der Waals surface area contributed by atoms with E-state index in [-0.39, 0.29) is 24.3 Å². The van der Waals surface area contributed by atoms with Gasteiger partial charge in [-0.25, -0.2) is 23.4 Å². The fraction of sp³-hybridized carbons (Fsp3) is 0.263. The molecule has 3 rings (SSSR count). The van der Waals surface area contributed by atoms with Crippen LogP contribution in [0.25, 0.3) is 17.2 Å². The molecule has 1 amide bonds. The second-order valence-electron chi connectivity index (χ2n) is 6.53. The molecule has 8 heteroatoms. The second-order valence-corrected chi connectivity index (χ2v) is 6.53. The molecule has 0 aliphatic rings. The van der Waals surface area contributed by atoms with Gasteiger partial charge in [0.05, 0.1) is 0 Å². The molecule has 0 radical (unpaired) electrons. The highest BCUT2D eigenvalue weighted by atomic mass is 19.1. The molecular weight excluding hydrogens is 349 g/mol. The maximum Gasteiger partial charge on any atom is 0.352 e. The zero-order valence-electron chi connectivity index (χ0n) is 15.3. The second kappa shape index (κ2) is 7.53. The summed E-state index contributed by atoms with van der Waals surface area (Å²) in [5, 5.41) is 6.99. The number of aromatic nitrogens is 4. The summed E-state index contributed by atoms with van der Waals surface area (Å²) in [6.07, 6.45) is 1.62. The van der Waals surface area contributed by atoms with Crippen LogP contribution < -0.4 is 11.0 Å². The predicted octanol–water partition coefficient (Wildman–Crippen LogP) is 2.07. The predicted molar refractivity (Wildman–Crippen MR) is 99.0 cm³/mol. The van der Waals surface area contributed by atoms with Gasteiger partial charge in [-0.3, -0.25) is 4.79 Å². The number of hydrogen-bond acceptors (Lipinski definition) is 4. The quantitative estimate of drug-likeness (QED) is 0.746. The molecular formula is C19H20FN5O2. The van der Waals surface area contributed by atoms with Gasteiger partial charge in [-0.15, -0.1) is 5.10 Å². The molecule has 3 aromatic rings. The Hall–Kier alpha value is -3.29. The fourth-order valence-electron chi connectivity index (χ4n) is 2.63. The molecule has 0 unspecified atom stereocenters. The fourth-order valence-corrected chi connectivity index (χ4v) is 2.63. The van der Waals surface area contributed by atoms with E-state index in [1.54, 1.807) is 18.3 Å². The number of hydrogen-bond donors (Lipinski definition) is 1. The largest absolute Gasteiger partial charge is 0.352 e. The first-order chi connectivity index (χ1) is 12.8. The van der Waals surface area contributed by atoms with Gasteiger partial charge in [-0.2, -0.15) is 0 Å². The highest BCUT2D eigenvalue weighted by Gasteiger charge is 2.19. The first-order valence-electron chi connectivity index (χ1n) is 8.53. The van der Waals surface area contributed by atoms with Crippen molar-refractivity contribution in [3.8, 4) is 17.2 Å². The van der Waals surface area contributed by atoms with E-state index in [1.807, 2.05) is 26.8 Å². The van der Waals surface area contributed by atoms with Crippen LogP contribution in [0.3, 0.4) is 0 Å². The molecule has 0 saturated heterocycles. The number of halogens is 1. The minimum atomic E-state index is -0.524. The van der Waals surface area contributed by atoms with Crippen molar-refractivity contribution in [2.75, 3.05) is 0 Å². The summed E-state index contributed by atoms with van der Waals surface area (Å²) in [6.45, 7) is 5.30. The highest BCUT2D eigenvalue weighted by Crippen LogP contribution is 2.19. The van der Waals surface area contributed by atoms with Crippen LogP contribution in [0.5, 0.6) is 0 Å². The number of benzene rings is 1. The van der Waals surface area contributed by atoms with Crippen molar-refractivity contribution in [1.29, 1.82) is 0 Å². The lowest BCUT2D eigenvalue weighted by molar-refractivity contribution is -0.122. The zero-order chi connectivity index (χ0) is 19.6. The molecule has 2 aromatic heterocycles. The summed E-state index contributed by atoms with van der Waals surface area (Å²) in [7, 11) is 0. The van der Waals surface area contributed by atoms with Gasteiger partial charge < -0.3 is 5.32 Å². The lowest BCUT2D eigenvalue weighted by atomic mass is 10.2. The molecule has 1 N–H and O–H groups in total. The van der Waals surface area contributed by atoms with E-state index in [9.17, 15) is 14.0 Å². The third-order valence-corrected chi connectivity index (χ3v) is 3.79. The van der Waals surface area contributed by atoms with E-state index in [0.29, 0.717) is 11.4 Å². The van der Waals surface area contributed by atoms with Gasteiger partial charge in [0.2, 0.25) is 5.91 Å². The number of rotatable bonds is 5. The standard InChI is InChI=1S/C19H20FN5O2/c1-12(2)22-17(26)11-24-19(27)25(16-8-7-13(3)10-21-16)18(23-24)14-5-4-6-15(20)9-14/h4-10,12H,11H2,1-3H3,(H,22,26). The van der Waals surface area contributed by atoms with Gasteiger partial charge in [0.25, 0.3) is 0 Å². The van der Waals surface area contributed by atoms with E-state index in [2.05, 4.69) is 15.4 Å². The van der Waals surface area contributed by atoms with Crippen molar-refractivity contribution in [3.63, 3.8) is 0 Å². The van der Waals surface area contributed by atoms with E-state index in [0.717, 1.165) is 10.2 Å². The molecule has 0 aliphatic carbocycles. The van der Waals surface area contributed by atoms with Crippen LogP contribution in [0.15, 0.2) is 47.4 Å². The summed E-state index contributed by atoms with van der Waals surface area (Å²) >= 11 is 0. The summed E-state index contributed by atoms with van der Waals surface area (Å²) in [6, 6.07) is 9.21. The minimum absolute atomic E-state index is 0.0586. The number of nitrogens with one attached hydrogen (secondary N) is 1. The van der Waals surface area contributed by atoms with Gasteiger partial charge in [-0.1, -0.05) is 18.2 Å². The van der Waals surface area contributed by atoms with Crippen molar-refractivity contribution >= 4 is 5.91 Å². The Morgan fingerprint density at radius 2 is 2.04 bits per heavy atom. The van der Waals surface area contributed by atoms with Crippen molar-refractivity contribution < 1.29 is 9.18 Å². The van der Waals surface area contributed by atoms with Crippen LogP contribution in [-0.4, -0.2) is 31.3 Å². The molecule has 0 saturated carbocycles. The molecule has 0 atom stereocenters. The van der Waals surface area contributed by atoms with Gasteiger partial charge in [-0.05, 0) is 44.5 Å². The SMILES string of the molecule is Cc1ccc(-n2c(-c3cccc(F)c3)nn(CC(=O)NC(C)C)c2=O)nc1. The average molecular weight is 369 g/mol. The Bertz CT molecular complexity index is 1020. The van der Waals surface area contributed by atoms with Gasteiger partial charge in [0, 0.05) is 17.8 Å². The summed E-state index contributed by atoms with van der Waals surface area (Å²) in [5.74, 6) is -0.219. The van der Waals surface area contributed by atoms with Crippen LogP contribution in [-0.2, 0) is 11.3 Å². The van der Waals surface area contributed by atoms with E-state index in [1.165, 1.54) is 22.8 Å².